The minimum absolute atomic E-state index is 0.00472. The van der Waals surface area contributed by atoms with Gasteiger partial charge in [0.15, 0.2) is 0 Å². The molecule has 118 valence electrons. The molecule has 0 spiro atoms. The smallest absolute Gasteiger partial charge is 0.322 e. The van der Waals surface area contributed by atoms with E-state index < -0.39 is 5.97 Å². The predicted octanol–water partition coefficient (Wildman–Crippen LogP) is 2.09. The summed E-state index contributed by atoms with van der Waals surface area (Å²) in [5, 5.41) is 11.0. The number of aryl methyl sites for hydroxylation is 2. The highest BCUT2D eigenvalue weighted by molar-refractivity contribution is 7.15. The Bertz CT molecular complexity index is 679. The molecule has 9 heteroatoms. The molecule has 0 fully saturated rings. The van der Waals surface area contributed by atoms with Gasteiger partial charge >= 0.3 is 12.0 Å². The zero-order valence-electron chi connectivity index (χ0n) is 12.5. The number of hydrogen-bond acceptors (Lipinski definition) is 8. The summed E-state index contributed by atoms with van der Waals surface area (Å²) in [5.74, 6) is -0.496. The molecule has 1 amide bonds. The van der Waals surface area contributed by atoms with E-state index in [0.29, 0.717) is 12.5 Å². The first-order chi connectivity index (χ1) is 10.5. The molecule has 0 aliphatic heterocycles. The van der Waals surface area contributed by atoms with Gasteiger partial charge in [-0.15, -0.1) is 16.4 Å². The number of nitrogens with zero attached hydrogens (tertiary/aromatic N) is 3. The van der Waals surface area contributed by atoms with Crippen LogP contribution >= 0.6 is 11.3 Å². The molecule has 0 aliphatic rings. The van der Waals surface area contributed by atoms with Crippen molar-refractivity contribution in [2.45, 2.75) is 33.6 Å². The lowest BCUT2D eigenvalue weighted by Gasteiger charge is -2.01. The van der Waals surface area contributed by atoms with E-state index in [9.17, 15) is 9.59 Å². The maximum Gasteiger partial charge on any atom is 0.322 e. The van der Waals surface area contributed by atoms with Crippen LogP contribution in [0.4, 0.5) is 6.01 Å². The van der Waals surface area contributed by atoms with Crippen molar-refractivity contribution in [2.75, 3.05) is 11.9 Å². The standard InChI is InChI=1S/C13H16N4O4S/c1-4-20-10(19)6-5-9(18)15-13-17-16-12(21-13)11-7(2)14-8(3)22-11/h4-6H2,1-3H3,(H,15,17,18). The zero-order valence-corrected chi connectivity index (χ0v) is 13.3. The van der Waals surface area contributed by atoms with Gasteiger partial charge in [0.05, 0.1) is 23.7 Å². The monoisotopic (exact) mass is 324 g/mol. The van der Waals surface area contributed by atoms with E-state index in [1.54, 1.807) is 6.92 Å². The number of carbonyl (C=O) groups excluding carboxylic acids is 2. The summed E-state index contributed by atoms with van der Waals surface area (Å²) in [6.07, 6.45) is 0.00303. The van der Waals surface area contributed by atoms with Crippen molar-refractivity contribution in [3.05, 3.63) is 10.7 Å². The van der Waals surface area contributed by atoms with E-state index in [1.807, 2.05) is 13.8 Å². The Hall–Kier alpha value is -2.29. The number of esters is 1. The van der Waals surface area contributed by atoms with Crippen LogP contribution in [0.1, 0.15) is 30.5 Å². The molecule has 22 heavy (non-hydrogen) atoms. The number of anilines is 1. The van der Waals surface area contributed by atoms with Gasteiger partial charge in [0.1, 0.15) is 4.88 Å². The highest BCUT2D eigenvalue weighted by Crippen LogP contribution is 2.29. The summed E-state index contributed by atoms with van der Waals surface area (Å²) in [4.78, 5) is 27.9. The quantitative estimate of drug-likeness (QED) is 0.811. The lowest BCUT2D eigenvalue weighted by molar-refractivity contribution is -0.144. The Kier molecular flexibility index (Phi) is 5.21. The first-order valence-corrected chi connectivity index (χ1v) is 7.54. The third-order valence-corrected chi connectivity index (χ3v) is 3.69. The number of rotatable bonds is 6. The van der Waals surface area contributed by atoms with Crippen molar-refractivity contribution >= 4 is 29.2 Å². The number of carbonyl (C=O) groups is 2. The number of nitrogens with one attached hydrogen (secondary N) is 1. The van der Waals surface area contributed by atoms with Crippen molar-refractivity contribution in [1.29, 1.82) is 0 Å². The van der Waals surface area contributed by atoms with Crippen molar-refractivity contribution in [3.63, 3.8) is 0 Å². The van der Waals surface area contributed by atoms with E-state index in [4.69, 9.17) is 9.15 Å². The average Bonchev–Trinajstić information content (AvgIpc) is 3.03. The molecular weight excluding hydrogens is 308 g/mol. The average molecular weight is 324 g/mol. The number of hydrogen-bond donors (Lipinski definition) is 1. The topological polar surface area (TPSA) is 107 Å². The second-order valence-corrected chi connectivity index (χ2v) is 5.62. The van der Waals surface area contributed by atoms with Crippen molar-refractivity contribution < 1.29 is 18.7 Å². The Balaban J connectivity index is 1.93. The molecule has 0 aromatic carbocycles. The van der Waals surface area contributed by atoms with Crippen LogP contribution in [0.25, 0.3) is 10.8 Å². The maximum absolute atomic E-state index is 11.7. The summed E-state index contributed by atoms with van der Waals surface area (Å²) in [7, 11) is 0. The van der Waals surface area contributed by atoms with Crippen LogP contribution in [0.3, 0.4) is 0 Å². The van der Waals surface area contributed by atoms with Crippen LogP contribution in [-0.2, 0) is 14.3 Å². The Morgan fingerprint density at radius 3 is 2.68 bits per heavy atom. The minimum Gasteiger partial charge on any atom is -0.466 e. The van der Waals surface area contributed by atoms with Gasteiger partial charge < -0.3 is 9.15 Å². The van der Waals surface area contributed by atoms with Crippen LogP contribution in [0.15, 0.2) is 4.42 Å². The van der Waals surface area contributed by atoms with Gasteiger partial charge in [-0.2, -0.15) is 0 Å². The summed E-state index contributed by atoms with van der Waals surface area (Å²) >= 11 is 1.44. The summed E-state index contributed by atoms with van der Waals surface area (Å²) in [6, 6.07) is -0.00527. The molecule has 2 rings (SSSR count). The number of amides is 1. The second-order valence-electron chi connectivity index (χ2n) is 4.41. The van der Waals surface area contributed by atoms with Crippen LogP contribution in [0.2, 0.25) is 0 Å². The molecule has 0 radical (unpaired) electrons. The number of ether oxygens (including phenoxy) is 1. The lowest BCUT2D eigenvalue weighted by Crippen LogP contribution is -2.14. The minimum atomic E-state index is -0.417. The molecular formula is C13H16N4O4S. The summed E-state index contributed by atoms with van der Waals surface area (Å²) in [5.41, 5.74) is 0.798. The maximum atomic E-state index is 11.7. The third-order valence-electron chi connectivity index (χ3n) is 2.63. The van der Waals surface area contributed by atoms with Gasteiger partial charge in [0, 0.05) is 6.42 Å². The molecule has 8 nitrogen and oxygen atoms in total. The Morgan fingerprint density at radius 2 is 2.05 bits per heavy atom. The van der Waals surface area contributed by atoms with Crippen LogP contribution in [0, 0.1) is 13.8 Å². The number of aromatic nitrogens is 3. The van der Waals surface area contributed by atoms with E-state index in [-0.39, 0.29) is 24.8 Å². The highest BCUT2D eigenvalue weighted by Gasteiger charge is 2.16. The summed E-state index contributed by atoms with van der Waals surface area (Å²) < 4.78 is 10.1. The summed E-state index contributed by atoms with van der Waals surface area (Å²) in [6.45, 7) is 5.73. The fraction of sp³-hybridized carbons (Fsp3) is 0.462. The molecule has 0 saturated carbocycles. The second kappa shape index (κ2) is 7.12. The van der Waals surface area contributed by atoms with Crippen molar-refractivity contribution in [3.8, 4) is 10.8 Å². The van der Waals surface area contributed by atoms with Crippen LogP contribution in [0.5, 0.6) is 0 Å². The normalized spacial score (nSPS) is 10.5. The molecule has 0 aliphatic carbocycles. The van der Waals surface area contributed by atoms with Gasteiger partial charge in [-0.25, -0.2) is 4.98 Å². The molecule has 2 aromatic rings. The van der Waals surface area contributed by atoms with Crippen LogP contribution in [-0.4, -0.2) is 33.7 Å². The van der Waals surface area contributed by atoms with Crippen LogP contribution < -0.4 is 5.32 Å². The Morgan fingerprint density at radius 1 is 1.27 bits per heavy atom. The van der Waals surface area contributed by atoms with Gasteiger partial charge in [-0.1, -0.05) is 5.10 Å². The van der Waals surface area contributed by atoms with E-state index >= 15 is 0 Å². The van der Waals surface area contributed by atoms with Crippen molar-refractivity contribution in [1.82, 2.24) is 15.2 Å². The number of thiazole rings is 1. The molecule has 0 atom stereocenters. The Labute approximate surface area is 130 Å². The van der Waals surface area contributed by atoms with Gasteiger partial charge in [0.2, 0.25) is 5.91 Å². The fourth-order valence-electron chi connectivity index (χ4n) is 1.73. The van der Waals surface area contributed by atoms with E-state index in [0.717, 1.165) is 15.6 Å². The molecule has 0 bridgehead atoms. The molecule has 0 saturated heterocycles. The SMILES string of the molecule is CCOC(=O)CCC(=O)Nc1nnc(-c2sc(C)nc2C)o1. The molecule has 2 aromatic heterocycles. The van der Waals surface area contributed by atoms with E-state index in [1.165, 1.54) is 11.3 Å². The van der Waals surface area contributed by atoms with Gasteiger partial charge in [0.25, 0.3) is 5.89 Å². The molecule has 1 N–H and O–H groups in total. The van der Waals surface area contributed by atoms with E-state index in [2.05, 4.69) is 20.5 Å². The van der Waals surface area contributed by atoms with Gasteiger partial charge in [-0.3, -0.25) is 14.9 Å². The fourth-order valence-corrected chi connectivity index (χ4v) is 2.57. The first kappa shape index (κ1) is 16.1. The first-order valence-electron chi connectivity index (χ1n) is 6.73. The molecule has 0 unspecified atom stereocenters. The highest BCUT2D eigenvalue weighted by atomic mass is 32.1. The van der Waals surface area contributed by atoms with Crippen molar-refractivity contribution in [2.24, 2.45) is 0 Å². The van der Waals surface area contributed by atoms with Gasteiger partial charge in [-0.05, 0) is 20.8 Å². The largest absolute Gasteiger partial charge is 0.466 e. The zero-order chi connectivity index (χ0) is 16.1. The lowest BCUT2D eigenvalue weighted by atomic mass is 10.3. The predicted molar refractivity (Wildman–Crippen MR) is 79.4 cm³/mol. The molecule has 2 heterocycles. The third kappa shape index (κ3) is 4.10.